The molecule has 2 aromatic rings. The van der Waals surface area contributed by atoms with E-state index in [9.17, 15) is 14.7 Å². The number of hydrazone groups is 1. The predicted octanol–water partition coefficient (Wildman–Crippen LogP) is 2.57. The molecule has 10 heteroatoms. The van der Waals surface area contributed by atoms with E-state index in [-0.39, 0.29) is 5.92 Å². The molecule has 1 unspecified atom stereocenters. The van der Waals surface area contributed by atoms with Gasteiger partial charge >= 0.3 is 5.97 Å². The van der Waals surface area contributed by atoms with Gasteiger partial charge in [-0.15, -0.1) is 11.3 Å². The van der Waals surface area contributed by atoms with Gasteiger partial charge in [-0.2, -0.15) is 5.10 Å². The minimum Gasteiger partial charge on any atom is -0.480 e. The molecule has 1 aromatic carbocycles. The molecule has 160 valence electrons. The van der Waals surface area contributed by atoms with Crippen molar-refractivity contribution >= 4 is 39.9 Å². The topological polar surface area (TPSA) is 119 Å². The fraction of sp³-hybridized carbons (Fsp3) is 0.238. The van der Waals surface area contributed by atoms with E-state index >= 15 is 0 Å². The zero-order valence-corrected chi connectivity index (χ0v) is 17.8. The van der Waals surface area contributed by atoms with Crippen LogP contribution in [-0.2, 0) is 15.3 Å². The third kappa shape index (κ3) is 3.77. The first-order valence-electron chi connectivity index (χ1n) is 9.71. The number of hydrogen-bond donors (Lipinski definition) is 4. The third-order valence-corrected chi connectivity index (χ3v) is 5.75. The molecule has 0 radical (unpaired) electrons. The summed E-state index contributed by atoms with van der Waals surface area (Å²) in [7, 11) is 0. The summed E-state index contributed by atoms with van der Waals surface area (Å²) in [4.78, 5) is 31.1. The Labute approximate surface area is 183 Å². The van der Waals surface area contributed by atoms with E-state index < -0.39 is 23.6 Å². The van der Waals surface area contributed by atoms with Crippen molar-refractivity contribution < 1.29 is 14.7 Å². The van der Waals surface area contributed by atoms with Crippen molar-refractivity contribution in [3.8, 4) is 0 Å². The van der Waals surface area contributed by atoms with Gasteiger partial charge in [0, 0.05) is 29.0 Å². The summed E-state index contributed by atoms with van der Waals surface area (Å²) in [6.45, 7) is 3.50. The second-order valence-corrected chi connectivity index (χ2v) is 8.33. The van der Waals surface area contributed by atoms with Gasteiger partial charge in [0.2, 0.25) is 5.66 Å². The Kier molecular flexibility index (Phi) is 5.47. The van der Waals surface area contributed by atoms with Crippen LogP contribution in [0.5, 0.6) is 0 Å². The molecule has 1 aromatic heterocycles. The van der Waals surface area contributed by atoms with Gasteiger partial charge in [-0.3, -0.25) is 15.1 Å². The highest BCUT2D eigenvalue weighted by molar-refractivity contribution is 7.13. The number of carboxylic acid groups (broad SMARTS) is 1. The maximum Gasteiger partial charge on any atom is 0.326 e. The maximum atomic E-state index is 13.5. The van der Waals surface area contributed by atoms with Crippen molar-refractivity contribution in [3.05, 3.63) is 65.8 Å². The lowest BCUT2D eigenvalue weighted by Gasteiger charge is -2.37. The number of amidine groups is 1. The quantitative estimate of drug-likeness (QED) is 0.525. The number of carbonyl (C=O) groups is 2. The van der Waals surface area contributed by atoms with Crippen molar-refractivity contribution in [2.75, 3.05) is 5.32 Å². The summed E-state index contributed by atoms with van der Waals surface area (Å²) in [5.74, 6) is -1.33. The van der Waals surface area contributed by atoms with Crippen LogP contribution in [0.1, 0.15) is 19.4 Å². The van der Waals surface area contributed by atoms with Crippen LogP contribution in [0.4, 0.5) is 10.8 Å². The summed E-state index contributed by atoms with van der Waals surface area (Å²) in [6.07, 6.45) is 8.85. The number of carboxylic acids is 1. The van der Waals surface area contributed by atoms with Crippen molar-refractivity contribution in [2.24, 2.45) is 11.0 Å². The Morgan fingerprint density at radius 1 is 1.23 bits per heavy atom. The molecule has 0 aliphatic carbocycles. The minimum atomic E-state index is -1.42. The average molecular weight is 439 g/mol. The molecule has 0 saturated carbocycles. The van der Waals surface area contributed by atoms with Crippen LogP contribution < -0.4 is 16.1 Å². The molecule has 0 bridgehead atoms. The highest BCUT2D eigenvalue weighted by Gasteiger charge is 2.51. The van der Waals surface area contributed by atoms with Crippen molar-refractivity contribution in [3.63, 3.8) is 0 Å². The van der Waals surface area contributed by atoms with Gasteiger partial charge in [-0.1, -0.05) is 32.1 Å². The standard InChI is InChI=1S/C21H22N6O3S/c1-13(2)17(18(28)29)24-19(30)21(26-25-16-5-3-4-11-27(16)21)14-6-8-15(9-7-14)23-20-22-10-12-31-20/h3-13,17,26H,1-2H3,(H,22,23)(H,24,30)(H,28,29)/t17-,21?/m0/s1. The second-order valence-electron chi connectivity index (χ2n) is 7.44. The molecule has 3 heterocycles. The van der Waals surface area contributed by atoms with Crippen molar-refractivity contribution in [1.29, 1.82) is 0 Å². The molecular formula is C21H22N6O3S. The number of allylic oxidation sites excluding steroid dienone is 2. The average Bonchev–Trinajstić information content (AvgIpc) is 3.40. The first kappa shape index (κ1) is 20.6. The smallest absolute Gasteiger partial charge is 0.326 e. The molecule has 4 N–H and O–H groups in total. The van der Waals surface area contributed by atoms with E-state index in [4.69, 9.17) is 0 Å². The third-order valence-electron chi connectivity index (χ3n) is 5.07. The van der Waals surface area contributed by atoms with Gasteiger partial charge in [-0.25, -0.2) is 9.78 Å². The molecule has 9 nitrogen and oxygen atoms in total. The Balaban J connectivity index is 1.68. The van der Waals surface area contributed by atoms with E-state index in [0.717, 1.165) is 10.8 Å². The Bertz CT molecular complexity index is 1060. The van der Waals surface area contributed by atoms with Gasteiger partial charge in [-0.05, 0) is 30.2 Å². The molecular weight excluding hydrogens is 416 g/mol. The highest BCUT2D eigenvalue weighted by atomic mass is 32.1. The van der Waals surface area contributed by atoms with Crippen molar-refractivity contribution in [2.45, 2.75) is 25.6 Å². The lowest BCUT2D eigenvalue weighted by atomic mass is 9.94. The molecule has 0 fully saturated rings. The van der Waals surface area contributed by atoms with Gasteiger partial charge in [0.05, 0.1) is 0 Å². The van der Waals surface area contributed by atoms with E-state index in [1.807, 2.05) is 23.6 Å². The molecule has 2 aliphatic heterocycles. The van der Waals surface area contributed by atoms with E-state index in [1.54, 1.807) is 55.4 Å². The maximum absolute atomic E-state index is 13.5. The summed E-state index contributed by atoms with van der Waals surface area (Å²) in [6, 6.07) is 6.25. The lowest BCUT2D eigenvalue weighted by Crippen LogP contribution is -2.62. The summed E-state index contributed by atoms with van der Waals surface area (Å²) in [5, 5.41) is 22.4. The molecule has 0 saturated heterocycles. The number of benzene rings is 1. The van der Waals surface area contributed by atoms with Crippen LogP contribution in [-0.4, -0.2) is 38.7 Å². The van der Waals surface area contributed by atoms with Gasteiger partial charge in [0.1, 0.15) is 6.04 Å². The fourth-order valence-electron chi connectivity index (χ4n) is 3.46. The van der Waals surface area contributed by atoms with Crippen LogP contribution in [0.25, 0.3) is 0 Å². The lowest BCUT2D eigenvalue weighted by molar-refractivity contribution is -0.145. The molecule has 31 heavy (non-hydrogen) atoms. The number of nitrogens with one attached hydrogen (secondary N) is 3. The number of aromatic nitrogens is 1. The van der Waals surface area contributed by atoms with Gasteiger partial charge in [0.25, 0.3) is 5.91 Å². The van der Waals surface area contributed by atoms with Crippen LogP contribution in [0.15, 0.2) is 65.4 Å². The number of hydrogen-bond acceptors (Lipinski definition) is 8. The molecule has 2 atom stereocenters. The molecule has 4 rings (SSSR count). The molecule has 2 aliphatic rings. The number of carbonyl (C=O) groups excluding carboxylic acids is 1. The predicted molar refractivity (Wildman–Crippen MR) is 119 cm³/mol. The summed E-state index contributed by atoms with van der Waals surface area (Å²) < 4.78 is 0. The number of amides is 1. The molecule has 1 amide bonds. The fourth-order valence-corrected chi connectivity index (χ4v) is 4.01. The van der Waals surface area contributed by atoms with Gasteiger partial charge in [0.15, 0.2) is 11.0 Å². The SMILES string of the molecule is CC(C)[C@H](NC(=O)C1(c2ccc(Nc3nccs3)cc2)NN=C2C=CC=CN21)C(=O)O. The number of anilines is 2. The number of rotatable bonds is 7. The largest absolute Gasteiger partial charge is 0.480 e. The monoisotopic (exact) mass is 438 g/mol. The van der Waals surface area contributed by atoms with E-state index in [2.05, 4.69) is 26.1 Å². The Morgan fingerprint density at radius 3 is 2.65 bits per heavy atom. The first-order valence-corrected chi connectivity index (χ1v) is 10.6. The highest BCUT2D eigenvalue weighted by Crippen LogP contribution is 2.34. The van der Waals surface area contributed by atoms with Crippen LogP contribution in [0.2, 0.25) is 0 Å². The zero-order valence-electron chi connectivity index (χ0n) is 16.9. The van der Waals surface area contributed by atoms with E-state index in [1.165, 1.54) is 11.3 Å². The van der Waals surface area contributed by atoms with Crippen LogP contribution in [0, 0.1) is 5.92 Å². The van der Waals surface area contributed by atoms with E-state index in [0.29, 0.717) is 11.4 Å². The minimum absolute atomic E-state index is 0.290. The zero-order chi connectivity index (χ0) is 22.0. The molecule has 0 spiro atoms. The second kappa shape index (κ2) is 8.23. The summed E-state index contributed by atoms with van der Waals surface area (Å²) >= 11 is 1.48. The van der Waals surface area contributed by atoms with Crippen LogP contribution in [0.3, 0.4) is 0 Å². The number of nitrogens with zero attached hydrogens (tertiary/aromatic N) is 3. The van der Waals surface area contributed by atoms with Gasteiger partial charge < -0.3 is 15.7 Å². The van der Waals surface area contributed by atoms with Crippen molar-refractivity contribution in [1.82, 2.24) is 20.6 Å². The Hall–Kier alpha value is -3.66. The normalized spacial score (nSPS) is 20.1. The number of thiazole rings is 1. The number of fused-ring (bicyclic) bond motifs is 1. The summed E-state index contributed by atoms with van der Waals surface area (Å²) in [5.41, 5.74) is 2.96. The Morgan fingerprint density at radius 2 is 2.00 bits per heavy atom. The first-order chi connectivity index (χ1) is 14.9. The van der Waals surface area contributed by atoms with Crippen LogP contribution >= 0.6 is 11.3 Å². The number of aliphatic carboxylic acids is 1.